The molecule has 0 spiro atoms. The Morgan fingerprint density at radius 1 is 1.27 bits per heavy atom. The molecular formula is C20H32FN3O2. The van der Waals surface area contributed by atoms with Gasteiger partial charge < -0.3 is 20.5 Å². The Bertz CT molecular complexity index is 548. The molecule has 1 saturated carbocycles. The van der Waals surface area contributed by atoms with Crippen molar-refractivity contribution in [3.63, 3.8) is 0 Å². The maximum Gasteiger partial charge on any atom is 0.191 e. The molecule has 0 radical (unpaired) electrons. The number of aliphatic imine (C=N–C) groups is 1. The second kappa shape index (κ2) is 11.9. The van der Waals surface area contributed by atoms with Gasteiger partial charge in [0.05, 0.1) is 12.6 Å². The molecule has 1 aliphatic rings. The maximum absolute atomic E-state index is 13.7. The summed E-state index contributed by atoms with van der Waals surface area (Å²) in [5.74, 6) is 0.216. The van der Waals surface area contributed by atoms with E-state index in [-0.39, 0.29) is 12.1 Å². The minimum Gasteiger partial charge on any atom is -0.386 e. The molecule has 1 aliphatic carbocycles. The quantitative estimate of drug-likeness (QED) is 0.357. The van der Waals surface area contributed by atoms with Crippen molar-refractivity contribution in [1.82, 2.24) is 10.6 Å². The van der Waals surface area contributed by atoms with Crippen LogP contribution in [0.15, 0.2) is 29.3 Å². The van der Waals surface area contributed by atoms with Crippen molar-refractivity contribution in [2.75, 3.05) is 26.2 Å². The number of ether oxygens (including phenoxy) is 1. The molecule has 146 valence electrons. The van der Waals surface area contributed by atoms with Crippen molar-refractivity contribution in [3.05, 3.63) is 35.6 Å². The van der Waals surface area contributed by atoms with Crippen molar-refractivity contribution in [1.29, 1.82) is 0 Å². The summed E-state index contributed by atoms with van der Waals surface area (Å²) in [6.45, 7) is 4.30. The average molecular weight is 365 g/mol. The van der Waals surface area contributed by atoms with Gasteiger partial charge in [0.2, 0.25) is 0 Å². The van der Waals surface area contributed by atoms with Crippen LogP contribution >= 0.6 is 0 Å². The third-order valence-corrected chi connectivity index (χ3v) is 4.55. The number of halogens is 1. The molecule has 1 unspecified atom stereocenters. The van der Waals surface area contributed by atoms with Gasteiger partial charge in [-0.25, -0.2) is 4.39 Å². The fourth-order valence-corrected chi connectivity index (χ4v) is 3.12. The summed E-state index contributed by atoms with van der Waals surface area (Å²) >= 11 is 0. The van der Waals surface area contributed by atoms with E-state index in [1.54, 1.807) is 18.2 Å². The van der Waals surface area contributed by atoms with Crippen molar-refractivity contribution >= 4 is 5.96 Å². The SMILES string of the molecule is CCNC(=NCC(O)c1ccccc1F)NCCCOC1CCCCC1. The Kier molecular flexibility index (Phi) is 9.42. The second-order valence-electron chi connectivity index (χ2n) is 6.67. The van der Waals surface area contributed by atoms with Crippen LogP contribution in [0.3, 0.4) is 0 Å². The third-order valence-electron chi connectivity index (χ3n) is 4.55. The van der Waals surface area contributed by atoms with E-state index >= 15 is 0 Å². The first-order valence-corrected chi connectivity index (χ1v) is 9.77. The minimum atomic E-state index is -0.957. The van der Waals surface area contributed by atoms with Gasteiger partial charge in [-0.3, -0.25) is 4.99 Å². The molecule has 1 aromatic rings. The number of hydrogen-bond acceptors (Lipinski definition) is 3. The standard InChI is InChI=1S/C20H32FN3O2/c1-2-22-20(23-13-8-14-26-16-9-4-3-5-10-16)24-15-19(25)17-11-6-7-12-18(17)21/h6-7,11-12,16,19,25H,2-5,8-10,13-15H2,1H3,(H2,22,23,24). The lowest BCUT2D eigenvalue weighted by atomic mass is 9.98. The molecular weight excluding hydrogens is 333 g/mol. The first kappa shape index (κ1) is 20.6. The molecule has 26 heavy (non-hydrogen) atoms. The number of nitrogens with one attached hydrogen (secondary N) is 2. The summed E-state index contributed by atoms with van der Waals surface area (Å²) in [6.07, 6.45) is 6.65. The van der Waals surface area contributed by atoms with E-state index in [1.807, 2.05) is 6.92 Å². The Morgan fingerprint density at radius 2 is 2.04 bits per heavy atom. The fourth-order valence-electron chi connectivity index (χ4n) is 3.12. The molecule has 1 atom stereocenters. The summed E-state index contributed by atoms with van der Waals surface area (Å²) in [5.41, 5.74) is 0.271. The van der Waals surface area contributed by atoms with Crippen LogP contribution in [-0.2, 0) is 4.74 Å². The molecule has 1 aromatic carbocycles. The van der Waals surface area contributed by atoms with Crippen LogP contribution in [0.5, 0.6) is 0 Å². The lowest BCUT2D eigenvalue weighted by Gasteiger charge is -2.22. The number of aliphatic hydroxyl groups excluding tert-OH is 1. The molecule has 0 aliphatic heterocycles. The summed E-state index contributed by atoms with van der Waals surface area (Å²) < 4.78 is 19.6. The minimum absolute atomic E-state index is 0.106. The fraction of sp³-hybridized carbons (Fsp3) is 0.650. The Labute approximate surface area is 156 Å². The zero-order valence-corrected chi connectivity index (χ0v) is 15.7. The van der Waals surface area contributed by atoms with E-state index < -0.39 is 11.9 Å². The lowest BCUT2D eigenvalue weighted by Crippen LogP contribution is -2.38. The van der Waals surface area contributed by atoms with Gasteiger partial charge in [0, 0.05) is 25.3 Å². The van der Waals surface area contributed by atoms with Crippen molar-refractivity contribution in [2.24, 2.45) is 4.99 Å². The normalized spacial score (nSPS) is 17.1. The number of nitrogens with zero attached hydrogens (tertiary/aromatic N) is 1. The van der Waals surface area contributed by atoms with Crippen LogP contribution in [0.25, 0.3) is 0 Å². The van der Waals surface area contributed by atoms with Crippen LogP contribution in [0.4, 0.5) is 4.39 Å². The van der Waals surface area contributed by atoms with E-state index in [1.165, 1.54) is 38.2 Å². The first-order valence-electron chi connectivity index (χ1n) is 9.77. The molecule has 3 N–H and O–H groups in total. The van der Waals surface area contributed by atoms with E-state index in [0.717, 1.165) is 26.1 Å². The number of rotatable bonds is 9. The predicted octanol–water partition coefficient (Wildman–Crippen LogP) is 3.15. The van der Waals surface area contributed by atoms with E-state index in [4.69, 9.17) is 4.74 Å². The highest BCUT2D eigenvalue weighted by Gasteiger charge is 2.13. The maximum atomic E-state index is 13.7. The van der Waals surface area contributed by atoms with E-state index in [2.05, 4.69) is 15.6 Å². The van der Waals surface area contributed by atoms with Gasteiger partial charge in [0.25, 0.3) is 0 Å². The monoisotopic (exact) mass is 365 g/mol. The first-order chi connectivity index (χ1) is 12.7. The average Bonchev–Trinajstić information content (AvgIpc) is 2.66. The molecule has 6 heteroatoms. The predicted molar refractivity (Wildman–Crippen MR) is 103 cm³/mol. The van der Waals surface area contributed by atoms with Gasteiger partial charge in [0.15, 0.2) is 5.96 Å². The van der Waals surface area contributed by atoms with Crippen LogP contribution in [0, 0.1) is 5.82 Å². The Balaban J connectivity index is 1.71. The Morgan fingerprint density at radius 3 is 2.77 bits per heavy atom. The third kappa shape index (κ3) is 7.30. The summed E-state index contributed by atoms with van der Waals surface area (Å²) in [7, 11) is 0. The van der Waals surface area contributed by atoms with E-state index in [0.29, 0.717) is 12.1 Å². The highest BCUT2D eigenvalue weighted by atomic mass is 19.1. The lowest BCUT2D eigenvalue weighted by molar-refractivity contribution is 0.0277. The molecule has 0 heterocycles. The zero-order chi connectivity index (χ0) is 18.6. The molecule has 0 amide bonds. The molecule has 0 bridgehead atoms. The molecule has 0 aromatic heterocycles. The van der Waals surface area contributed by atoms with Gasteiger partial charge in [0.1, 0.15) is 11.9 Å². The number of aliphatic hydroxyl groups is 1. The van der Waals surface area contributed by atoms with Crippen LogP contribution in [0.1, 0.15) is 57.1 Å². The van der Waals surface area contributed by atoms with Crippen molar-refractivity contribution < 1.29 is 14.2 Å². The smallest absolute Gasteiger partial charge is 0.191 e. The number of benzene rings is 1. The molecule has 5 nitrogen and oxygen atoms in total. The highest BCUT2D eigenvalue weighted by Crippen LogP contribution is 2.20. The number of hydrogen-bond donors (Lipinski definition) is 3. The van der Waals surface area contributed by atoms with Gasteiger partial charge in [-0.05, 0) is 32.3 Å². The highest BCUT2D eigenvalue weighted by molar-refractivity contribution is 5.79. The van der Waals surface area contributed by atoms with Crippen LogP contribution < -0.4 is 10.6 Å². The zero-order valence-electron chi connectivity index (χ0n) is 15.7. The summed E-state index contributed by atoms with van der Waals surface area (Å²) in [6, 6.07) is 6.24. The summed E-state index contributed by atoms with van der Waals surface area (Å²) in [5, 5.41) is 16.5. The van der Waals surface area contributed by atoms with Crippen LogP contribution in [-0.4, -0.2) is 43.4 Å². The van der Waals surface area contributed by atoms with Gasteiger partial charge in [-0.15, -0.1) is 0 Å². The van der Waals surface area contributed by atoms with Crippen molar-refractivity contribution in [2.45, 2.75) is 57.7 Å². The molecule has 0 saturated heterocycles. The molecule has 2 rings (SSSR count). The Hall–Kier alpha value is -1.66. The largest absolute Gasteiger partial charge is 0.386 e. The van der Waals surface area contributed by atoms with Crippen LogP contribution in [0.2, 0.25) is 0 Å². The second-order valence-corrected chi connectivity index (χ2v) is 6.67. The van der Waals surface area contributed by atoms with Crippen molar-refractivity contribution in [3.8, 4) is 0 Å². The van der Waals surface area contributed by atoms with Gasteiger partial charge in [-0.2, -0.15) is 0 Å². The molecule has 1 fully saturated rings. The van der Waals surface area contributed by atoms with Gasteiger partial charge in [-0.1, -0.05) is 37.5 Å². The topological polar surface area (TPSA) is 65.9 Å². The number of guanidine groups is 1. The summed E-state index contributed by atoms with van der Waals surface area (Å²) in [4.78, 5) is 4.36. The van der Waals surface area contributed by atoms with E-state index in [9.17, 15) is 9.50 Å². The van der Waals surface area contributed by atoms with Gasteiger partial charge >= 0.3 is 0 Å².